The first-order valence-electron chi connectivity index (χ1n) is 5.22. The molecule has 0 heterocycles. The molecular weight excluding hydrogens is 226 g/mol. The molecule has 0 radical (unpaired) electrons. The maximum Gasteiger partial charge on any atom is 0.251 e. The Balaban J connectivity index is 2.59. The summed E-state index contributed by atoms with van der Waals surface area (Å²) in [5.41, 5.74) is 1.50. The quantitative estimate of drug-likeness (QED) is 0.849. The van der Waals surface area contributed by atoms with Crippen molar-refractivity contribution in [2.75, 3.05) is 6.54 Å². The minimum absolute atomic E-state index is 0.161. The highest BCUT2D eigenvalue weighted by atomic mass is 35.5. The van der Waals surface area contributed by atoms with E-state index >= 15 is 0 Å². The third-order valence-electron chi connectivity index (χ3n) is 2.15. The molecule has 1 amide bonds. The van der Waals surface area contributed by atoms with Crippen molar-refractivity contribution < 1.29 is 9.90 Å². The summed E-state index contributed by atoms with van der Waals surface area (Å²) in [6.07, 6.45) is 0.145. The van der Waals surface area contributed by atoms with E-state index in [2.05, 4.69) is 5.32 Å². The van der Waals surface area contributed by atoms with E-state index in [9.17, 15) is 4.79 Å². The van der Waals surface area contributed by atoms with Crippen LogP contribution in [-0.2, 0) is 0 Å². The number of benzene rings is 1. The van der Waals surface area contributed by atoms with Crippen LogP contribution in [0.3, 0.4) is 0 Å². The highest BCUT2D eigenvalue weighted by Gasteiger charge is 2.06. The highest BCUT2D eigenvalue weighted by molar-refractivity contribution is 6.31. The Labute approximate surface area is 100 Å². The van der Waals surface area contributed by atoms with Gasteiger partial charge in [-0.25, -0.2) is 0 Å². The van der Waals surface area contributed by atoms with Crippen LogP contribution < -0.4 is 5.32 Å². The standard InChI is InChI=1S/C12H16ClNO2/c1-8-5-10(7-11(13)6-8)12(16)14-4-3-9(2)15/h5-7,9,15H,3-4H2,1-2H3,(H,14,16). The van der Waals surface area contributed by atoms with Crippen LogP contribution in [0.15, 0.2) is 18.2 Å². The number of nitrogens with one attached hydrogen (secondary N) is 1. The van der Waals surface area contributed by atoms with Gasteiger partial charge in [0.15, 0.2) is 0 Å². The summed E-state index contributed by atoms with van der Waals surface area (Å²) in [4.78, 5) is 11.7. The van der Waals surface area contributed by atoms with Gasteiger partial charge in [-0.3, -0.25) is 4.79 Å². The average Bonchev–Trinajstić information content (AvgIpc) is 2.15. The molecule has 0 saturated carbocycles. The molecule has 0 aromatic heterocycles. The summed E-state index contributed by atoms with van der Waals surface area (Å²) in [5, 5.41) is 12.3. The van der Waals surface area contributed by atoms with E-state index in [0.29, 0.717) is 23.6 Å². The van der Waals surface area contributed by atoms with Crippen molar-refractivity contribution in [3.63, 3.8) is 0 Å². The van der Waals surface area contributed by atoms with Gasteiger partial charge in [0, 0.05) is 17.1 Å². The summed E-state index contributed by atoms with van der Waals surface area (Å²) in [6, 6.07) is 5.21. The predicted molar refractivity (Wildman–Crippen MR) is 64.8 cm³/mol. The molecule has 0 spiro atoms. The number of carbonyl (C=O) groups excluding carboxylic acids is 1. The fourth-order valence-corrected chi connectivity index (χ4v) is 1.65. The van der Waals surface area contributed by atoms with Crippen LogP contribution in [0.2, 0.25) is 5.02 Å². The summed E-state index contributed by atoms with van der Waals surface area (Å²) in [6.45, 7) is 4.04. The molecule has 0 fully saturated rings. The van der Waals surface area contributed by atoms with Crippen LogP contribution in [0.4, 0.5) is 0 Å². The molecule has 0 aliphatic carbocycles. The molecule has 0 saturated heterocycles. The number of halogens is 1. The minimum Gasteiger partial charge on any atom is -0.393 e. The first kappa shape index (κ1) is 13.0. The number of aryl methyl sites for hydroxylation is 1. The lowest BCUT2D eigenvalue weighted by Crippen LogP contribution is -2.26. The molecule has 1 aromatic carbocycles. The Morgan fingerprint density at radius 3 is 2.75 bits per heavy atom. The Morgan fingerprint density at radius 2 is 2.19 bits per heavy atom. The van der Waals surface area contributed by atoms with E-state index in [-0.39, 0.29) is 5.91 Å². The fraction of sp³-hybridized carbons (Fsp3) is 0.417. The van der Waals surface area contributed by atoms with Crippen molar-refractivity contribution in [2.24, 2.45) is 0 Å². The average molecular weight is 242 g/mol. The maximum absolute atomic E-state index is 11.7. The maximum atomic E-state index is 11.7. The number of rotatable bonds is 4. The van der Waals surface area contributed by atoms with Gasteiger partial charge in [0.05, 0.1) is 6.10 Å². The van der Waals surface area contributed by atoms with Gasteiger partial charge < -0.3 is 10.4 Å². The van der Waals surface area contributed by atoms with E-state index in [0.717, 1.165) is 5.56 Å². The van der Waals surface area contributed by atoms with Crippen molar-refractivity contribution in [3.05, 3.63) is 34.3 Å². The second-order valence-electron chi connectivity index (χ2n) is 3.91. The second-order valence-corrected chi connectivity index (χ2v) is 4.35. The van der Waals surface area contributed by atoms with Crippen molar-refractivity contribution in [2.45, 2.75) is 26.4 Å². The van der Waals surface area contributed by atoms with E-state index in [1.165, 1.54) is 0 Å². The number of hydrogen-bond acceptors (Lipinski definition) is 2. The summed E-state index contributed by atoms with van der Waals surface area (Å²) in [5.74, 6) is -0.161. The van der Waals surface area contributed by atoms with Gasteiger partial charge in [-0.2, -0.15) is 0 Å². The zero-order valence-electron chi connectivity index (χ0n) is 9.46. The van der Waals surface area contributed by atoms with Gasteiger partial charge in [0.2, 0.25) is 0 Å². The fourth-order valence-electron chi connectivity index (χ4n) is 1.36. The molecule has 3 nitrogen and oxygen atoms in total. The lowest BCUT2D eigenvalue weighted by atomic mass is 10.1. The number of carbonyl (C=O) groups is 1. The Hall–Kier alpha value is -1.06. The highest BCUT2D eigenvalue weighted by Crippen LogP contribution is 2.14. The molecular formula is C12H16ClNO2. The van der Waals surface area contributed by atoms with Crippen molar-refractivity contribution in [1.29, 1.82) is 0 Å². The van der Waals surface area contributed by atoms with Gasteiger partial charge >= 0.3 is 0 Å². The Bertz CT molecular complexity index is 357. The third kappa shape index (κ3) is 4.21. The summed E-state index contributed by atoms with van der Waals surface area (Å²) in [7, 11) is 0. The van der Waals surface area contributed by atoms with Crippen LogP contribution in [-0.4, -0.2) is 23.7 Å². The predicted octanol–water partition coefficient (Wildman–Crippen LogP) is 2.15. The van der Waals surface area contributed by atoms with E-state index in [1.807, 2.05) is 6.92 Å². The Morgan fingerprint density at radius 1 is 1.50 bits per heavy atom. The number of aliphatic hydroxyl groups is 1. The van der Waals surface area contributed by atoms with Gasteiger partial charge in [0.25, 0.3) is 5.91 Å². The molecule has 16 heavy (non-hydrogen) atoms. The van der Waals surface area contributed by atoms with E-state index in [1.54, 1.807) is 25.1 Å². The van der Waals surface area contributed by atoms with E-state index in [4.69, 9.17) is 16.7 Å². The molecule has 0 bridgehead atoms. The first-order valence-corrected chi connectivity index (χ1v) is 5.60. The molecule has 0 aliphatic heterocycles. The van der Waals surface area contributed by atoms with Crippen LogP contribution in [0.1, 0.15) is 29.3 Å². The Kier molecular flexibility index (Phi) is 4.77. The van der Waals surface area contributed by atoms with Crippen molar-refractivity contribution in [1.82, 2.24) is 5.32 Å². The molecule has 1 unspecified atom stereocenters. The van der Waals surface area contributed by atoms with Crippen LogP contribution >= 0.6 is 11.6 Å². The SMILES string of the molecule is Cc1cc(Cl)cc(C(=O)NCCC(C)O)c1. The second kappa shape index (κ2) is 5.87. The van der Waals surface area contributed by atoms with Crippen LogP contribution in [0.5, 0.6) is 0 Å². The lowest BCUT2D eigenvalue weighted by molar-refractivity contribution is 0.0945. The van der Waals surface area contributed by atoms with Gasteiger partial charge in [-0.15, -0.1) is 0 Å². The molecule has 1 aromatic rings. The zero-order chi connectivity index (χ0) is 12.1. The number of amides is 1. The molecule has 4 heteroatoms. The number of hydrogen-bond donors (Lipinski definition) is 2. The molecule has 0 aliphatic rings. The number of aliphatic hydroxyl groups excluding tert-OH is 1. The molecule has 88 valence electrons. The zero-order valence-corrected chi connectivity index (χ0v) is 10.2. The van der Waals surface area contributed by atoms with Crippen LogP contribution in [0.25, 0.3) is 0 Å². The monoisotopic (exact) mass is 241 g/mol. The summed E-state index contributed by atoms with van der Waals surface area (Å²) < 4.78 is 0. The largest absolute Gasteiger partial charge is 0.393 e. The molecule has 2 N–H and O–H groups in total. The van der Waals surface area contributed by atoms with Gasteiger partial charge in [-0.05, 0) is 44.0 Å². The van der Waals surface area contributed by atoms with Gasteiger partial charge in [-0.1, -0.05) is 11.6 Å². The smallest absolute Gasteiger partial charge is 0.251 e. The van der Waals surface area contributed by atoms with Crippen LogP contribution in [0, 0.1) is 6.92 Å². The molecule has 1 atom stereocenters. The van der Waals surface area contributed by atoms with Crippen molar-refractivity contribution >= 4 is 17.5 Å². The summed E-state index contributed by atoms with van der Waals surface area (Å²) >= 11 is 5.86. The van der Waals surface area contributed by atoms with E-state index < -0.39 is 6.10 Å². The lowest BCUT2D eigenvalue weighted by Gasteiger charge is -2.07. The van der Waals surface area contributed by atoms with Crippen molar-refractivity contribution in [3.8, 4) is 0 Å². The van der Waals surface area contributed by atoms with Gasteiger partial charge in [0.1, 0.15) is 0 Å². The first-order chi connectivity index (χ1) is 7.49. The minimum atomic E-state index is -0.401. The third-order valence-corrected chi connectivity index (χ3v) is 2.37. The molecule has 1 rings (SSSR count). The topological polar surface area (TPSA) is 49.3 Å². The normalized spacial score (nSPS) is 12.2.